The summed E-state index contributed by atoms with van der Waals surface area (Å²) in [5.41, 5.74) is 5.88. The van der Waals surface area contributed by atoms with Gasteiger partial charge in [-0.15, -0.1) is 0 Å². The SMILES string of the molecule is CC1CC(C)C(C)N(CC(CN)C(C)C)C1. The van der Waals surface area contributed by atoms with Crippen LogP contribution in [0.4, 0.5) is 0 Å². The van der Waals surface area contributed by atoms with E-state index in [1.54, 1.807) is 0 Å². The van der Waals surface area contributed by atoms with E-state index in [1.807, 2.05) is 0 Å². The second kappa shape index (κ2) is 6.02. The van der Waals surface area contributed by atoms with Crippen molar-refractivity contribution in [1.29, 1.82) is 0 Å². The Morgan fingerprint density at radius 1 is 1.25 bits per heavy atom. The molecule has 0 aromatic heterocycles. The smallest absolute Gasteiger partial charge is 0.00929 e. The maximum Gasteiger partial charge on any atom is 0.00929 e. The van der Waals surface area contributed by atoms with Gasteiger partial charge in [-0.1, -0.05) is 27.7 Å². The van der Waals surface area contributed by atoms with Gasteiger partial charge in [0.05, 0.1) is 0 Å². The van der Waals surface area contributed by atoms with E-state index in [2.05, 4.69) is 39.5 Å². The summed E-state index contributed by atoms with van der Waals surface area (Å²) in [5, 5.41) is 0. The fourth-order valence-corrected chi connectivity index (χ4v) is 2.93. The minimum Gasteiger partial charge on any atom is -0.330 e. The third-order valence-electron chi connectivity index (χ3n) is 4.43. The zero-order chi connectivity index (χ0) is 12.3. The van der Waals surface area contributed by atoms with E-state index in [-0.39, 0.29) is 0 Å². The predicted octanol–water partition coefficient (Wildman–Crippen LogP) is 2.58. The molecule has 0 spiro atoms. The first-order valence-corrected chi connectivity index (χ1v) is 6.89. The average molecular weight is 226 g/mol. The Kier molecular flexibility index (Phi) is 5.26. The first-order chi connectivity index (χ1) is 7.45. The quantitative estimate of drug-likeness (QED) is 0.798. The molecule has 96 valence electrons. The van der Waals surface area contributed by atoms with Gasteiger partial charge in [0, 0.05) is 19.1 Å². The Balaban J connectivity index is 2.56. The Bertz CT molecular complexity index is 203. The van der Waals surface area contributed by atoms with E-state index in [9.17, 15) is 0 Å². The summed E-state index contributed by atoms with van der Waals surface area (Å²) in [5.74, 6) is 3.02. The Hall–Kier alpha value is -0.0800. The van der Waals surface area contributed by atoms with Crippen LogP contribution in [-0.2, 0) is 0 Å². The van der Waals surface area contributed by atoms with Crippen molar-refractivity contribution >= 4 is 0 Å². The van der Waals surface area contributed by atoms with Crippen molar-refractivity contribution in [2.45, 2.75) is 47.1 Å². The summed E-state index contributed by atoms with van der Waals surface area (Å²) in [7, 11) is 0. The third-order valence-corrected chi connectivity index (χ3v) is 4.43. The van der Waals surface area contributed by atoms with Crippen molar-refractivity contribution in [3.8, 4) is 0 Å². The van der Waals surface area contributed by atoms with Gasteiger partial charge in [0.15, 0.2) is 0 Å². The molecule has 0 aromatic rings. The minimum atomic E-state index is 0.653. The minimum absolute atomic E-state index is 0.653. The van der Waals surface area contributed by atoms with E-state index in [1.165, 1.54) is 19.5 Å². The van der Waals surface area contributed by atoms with E-state index in [0.717, 1.165) is 24.4 Å². The van der Waals surface area contributed by atoms with E-state index >= 15 is 0 Å². The second-order valence-corrected chi connectivity index (χ2v) is 6.25. The summed E-state index contributed by atoms with van der Waals surface area (Å²) >= 11 is 0. The Labute approximate surface area is 102 Å². The Morgan fingerprint density at radius 2 is 1.88 bits per heavy atom. The molecule has 2 nitrogen and oxygen atoms in total. The molecular weight excluding hydrogens is 196 g/mol. The van der Waals surface area contributed by atoms with Crippen LogP contribution in [0.25, 0.3) is 0 Å². The van der Waals surface area contributed by atoms with Gasteiger partial charge in [-0.25, -0.2) is 0 Å². The molecule has 0 aliphatic carbocycles. The standard InChI is InChI=1S/C14H30N2/c1-10(2)14(7-15)9-16-8-11(3)6-12(4)13(16)5/h10-14H,6-9,15H2,1-5H3. The monoisotopic (exact) mass is 226 g/mol. The summed E-state index contributed by atoms with van der Waals surface area (Å²) in [6, 6.07) is 0.726. The lowest BCUT2D eigenvalue weighted by Crippen LogP contribution is -2.49. The lowest BCUT2D eigenvalue weighted by molar-refractivity contribution is 0.0586. The molecule has 16 heavy (non-hydrogen) atoms. The lowest BCUT2D eigenvalue weighted by atomic mass is 9.84. The fourth-order valence-electron chi connectivity index (χ4n) is 2.93. The van der Waals surface area contributed by atoms with Gasteiger partial charge >= 0.3 is 0 Å². The summed E-state index contributed by atoms with van der Waals surface area (Å²) < 4.78 is 0. The Morgan fingerprint density at radius 3 is 2.38 bits per heavy atom. The molecule has 1 fully saturated rings. The van der Waals surface area contributed by atoms with E-state index in [0.29, 0.717) is 11.8 Å². The van der Waals surface area contributed by atoms with Crippen LogP contribution in [0.15, 0.2) is 0 Å². The summed E-state index contributed by atoms with van der Waals surface area (Å²) in [6.45, 7) is 15.0. The summed E-state index contributed by atoms with van der Waals surface area (Å²) in [6.07, 6.45) is 1.38. The molecule has 4 unspecified atom stereocenters. The van der Waals surface area contributed by atoms with Crippen molar-refractivity contribution in [3.63, 3.8) is 0 Å². The number of nitrogens with zero attached hydrogens (tertiary/aromatic N) is 1. The van der Waals surface area contributed by atoms with E-state index in [4.69, 9.17) is 5.73 Å². The molecule has 1 saturated heterocycles. The van der Waals surface area contributed by atoms with Crippen molar-refractivity contribution < 1.29 is 0 Å². The number of piperidine rings is 1. The van der Waals surface area contributed by atoms with Crippen LogP contribution in [0.1, 0.15) is 41.0 Å². The van der Waals surface area contributed by atoms with Crippen molar-refractivity contribution in [2.24, 2.45) is 29.4 Å². The van der Waals surface area contributed by atoms with Gasteiger partial charge in [0.1, 0.15) is 0 Å². The van der Waals surface area contributed by atoms with Crippen LogP contribution in [0.2, 0.25) is 0 Å². The number of hydrogen-bond donors (Lipinski definition) is 1. The van der Waals surface area contributed by atoms with Crippen molar-refractivity contribution in [1.82, 2.24) is 4.90 Å². The van der Waals surface area contributed by atoms with Crippen LogP contribution in [-0.4, -0.2) is 30.6 Å². The molecule has 1 aliphatic rings. The van der Waals surface area contributed by atoms with Gasteiger partial charge in [-0.05, 0) is 43.6 Å². The maximum atomic E-state index is 5.88. The van der Waals surface area contributed by atoms with E-state index < -0.39 is 0 Å². The highest BCUT2D eigenvalue weighted by molar-refractivity contribution is 4.84. The summed E-state index contributed by atoms with van der Waals surface area (Å²) in [4.78, 5) is 2.66. The predicted molar refractivity (Wildman–Crippen MR) is 71.4 cm³/mol. The molecule has 1 heterocycles. The number of hydrogen-bond acceptors (Lipinski definition) is 2. The lowest BCUT2D eigenvalue weighted by Gasteiger charge is -2.43. The van der Waals surface area contributed by atoms with Crippen LogP contribution >= 0.6 is 0 Å². The fraction of sp³-hybridized carbons (Fsp3) is 1.00. The molecule has 4 atom stereocenters. The molecule has 0 amide bonds. The highest BCUT2D eigenvalue weighted by Crippen LogP contribution is 2.28. The highest BCUT2D eigenvalue weighted by atomic mass is 15.2. The van der Waals surface area contributed by atoms with Gasteiger partial charge in [0.2, 0.25) is 0 Å². The zero-order valence-corrected chi connectivity index (χ0v) is 11.7. The normalized spacial score (nSPS) is 34.3. The molecular formula is C14H30N2. The number of rotatable bonds is 4. The molecule has 0 bridgehead atoms. The van der Waals surface area contributed by atoms with Crippen molar-refractivity contribution in [2.75, 3.05) is 19.6 Å². The molecule has 1 aliphatic heterocycles. The van der Waals surface area contributed by atoms with Crippen LogP contribution < -0.4 is 5.73 Å². The molecule has 1 rings (SSSR count). The van der Waals surface area contributed by atoms with Crippen LogP contribution in [0.5, 0.6) is 0 Å². The molecule has 0 aromatic carbocycles. The molecule has 2 N–H and O–H groups in total. The largest absolute Gasteiger partial charge is 0.330 e. The first kappa shape index (κ1) is 14.0. The highest BCUT2D eigenvalue weighted by Gasteiger charge is 2.30. The van der Waals surface area contributed by atoms with Crippen LogP contribution in [0.3, 0.4) is 0 Å². The van der Waals surface area contributed by atoms with Gasteiger partial charge < -0.3 is 5.73 Å². The van der Waals surface area contributed by atoms with Gasteiger partial charge in [0.25, 0.3) is 0 Å². The number of nitrogens with two attached hydrogens (primary N) is 1. The van der Waals surface area contributed by atoms with Gasteiger partial charge in [-0.2, -0.15) is 0 Å². The van der Waals surface area contributed by atoms with Crippen LogP contribution in [0, 0.1) is 23.7 Å². The topological polar surface area (TPSA) is 29.3 Å². The van der Waals surface area contributed by atoms with Gasteiger partial charge in [-0.3, -0.25) is 4.90 Å². The molecule has 0 radical (unpaired) electrons. The first-order valence-electron chi connectivity index (χ1n) is 6.89. The average Bonchev–Trinajstić information content (AvgIpc) is 2.20. The second-order valence-electron chi connectivity index (χ2n) is 6.25. The zero-order valence-electron chi connectivity index (χ0n) is 11.7. The number of likely N-dealkylation sites (tertiary alicyclic amines) is 1. The molecule has 2 heteroatoms. The third kappa shape index (κ3) is 3.46. The maximum absolute atomic E-state index is 5.88. The van der Waals surface area contributed by atoms with Crippen molar-refractivity contribution in [3.05, 3.63) is 0 Å². The molecule has 0 saturated carbocycles.